The Labute approximate surface area is 95.0 Å². The van der Waals surface area contributed by atoms with Crippen LogP contribution >= 0.6 is 0 Å². The molecule has 2 N–H and O–H groups in total. The Hall–Kier alpha value is -1.13. The molecule has 2 rings (SSSR count). The van der Waals surface area contributed by atoms with Crippen molar-refractivity contribution in [3.05, 3.63) is 29.6 Å². The number of benzene rings is 1. The number of methoxy groups -OCH3 is 1. The van der Waals surface area contributed by atoms with E-state index in [4.69, 9.17) is 4.74 Å². The fraction of sp³-hybridized carbons (Fsp3) is 0.500. The molecule has 0 amide bonds. The zero-order valence-corrected chi connectivity index (χ0v) is 9.64. The first kappa shape index (κ1) is 11.4. The molecule has 0 bridgehead atoms. The molecule has 0 aliphatic carbocycles. The van der Waals surface area contributed by atoms with Gasteiger partial charge in [-0.15, -0.1) is 0 Å². The predicted molar refractivity (Wildman–Crippen MR) is 61.2 cm³/mol. The first-order chi connectivity index (χ1) is 7.65. The van der Waals surface area contributed by atoms with Crippen molar-refractivity contribution < 1.29 is 9.13 Å². The molecule has 1 fully saturated rings. The second-order valence-electron chi connectivity index (χ2n) is 4.28. The van der Waals surface area contributed by atoms with Gasteiger partial charge in [0.15, 0.2) is 11.6 Å². The van der Waals surface area contributed by atoms with Gasteiger partial charge in [-0.25, -0.2) is 4.39 Å². The van der Waals surface area contributed by atoms with Crippen molar-refractivity contribution in [3.8, 4) is 5.75 Å². The number of nitrogens with one attached hydrogen (secondary N) is 2. The molecular weight excluding hydrogens is 207 g/mol. The summed E-state index contributed by atoms with van der Waals surface area (Å²) in [4.78, 5) is 0. The summed E-state index contributed by atoms with van der Waals surface area (Å²) in [6.07, 6.45) is 0. The van der Waals surface area contributed by atoms with Gasteiger partial charge in [0.25, 0.3) is 0 Å². The van der Waals surface area contributed by atoms with Gasteiger partial charge in [0.05, 0.1) is 12.6 Å². The highest BCUT2D eigenvalue weighted by Crippen LogP contribution is 2.26. The summed E-state index contributed by atoms with van der Waals surface area (Å²) in [5.74, 6) is -0.0234. The SMILES string of the molecule is COc1ccc(C2(C)CNCCN2)cc1F. The van der Waals surface area contributed by atoms with E-state index >= 15 is 0 Å². The van der Waals surface area contributed by atoms with E-state index in [9.17, 15) is 4.39 Å². The minimum absolute atomic E-state index is 0.203. The fourth-order valence-corrected chi connectivity index (χ4v) is 2.04. The summed E-state index contributed by atoms with van der Waals surface area (Å²) in [6, 6.07) is 5.12. The number of halogens is 1. The van der Waals surface area contributed by atoms with Gasteiger partial charge >= 0.3 is 0 Å². The lowest BCUT2D eigenvalue weighted by molar-refractivity contribution is 0.301. The summed E-state index contributed by atoms with van der Waals surface area (Å²) in [6.45, 7) is 4.72. The molecule has 1 atom stereocenters. The van der Waals surface area contributed by atoms with Gasteiger partial charge in [0.1, 0.15) is 0 Å². The van der Waals surface area contributed by atoms with E-state index < -0.39 is 0 Å². The maximum atomic E-state index is 13.6. The van der Waals surface area contributed by atoms with Crippen LogP contribution in [0.4, 0.5) is 4.39 Å². The second-order valence-corrected chi connectivity index (χ2v) is 4.28. The lowest BCUT2D eigenvalue weighted by Gasteiger charge is -2.36. The molecular formula is C12H17FN2O. The molecule has 0 saturated carbocycles. The highest BCUT2D eigenvalue weighted by Gasteiger charge is 2.28. The van der Waals surface area contributed by atoms with Crippen molar-refractivity contribution in [1.82, 2.24) is 10.6 Å². The number of hydrogen-bond acceptors (Lipinski definition) is 3. The molecule has 0 aromatic heterocycles. The molecule has 16 heavy (non-hydrogen) atoms. The largest absolute Gasteiger partial charge is 0.494 e. The van der Waals surface area contributed by atoms with E-state index in [1.807, 2.05) is 6.07 Å². The van der Waals surface area contributed by atoms with E-state index in [2.05, 4.69) is 17.6 Å². The highest BCUT2D eigenvalue weighted by molar-refractivity contribution is 5.33. The average molecular weight is 224 g/mol. The monoisotopic (exact) mass is 224 g/mol. The van der Waals surface area contributed by atoms with Gasteiger partial charge in [-0.3, -0.25) is 0 Å². The van der Waals surface area contributed by atoms with Crippen LogP contribution in [-0.2, 0) is 5.54 Å². The van der Waals surface area contributed by atoms with Crippen LogP contribution in [0.5, 0.6) is 5.75 Å². The van der Waals surface area contributed by atoms with Crippen LogP contribution in [0.3, 0.4) is 0 Å². The highest BCUT2D eigenvalue weighted by atomic mass is 19.1. The Morgan fingerprint density at radius 2 is 2.19 bits per heavy atom. The van der Waals surface area contributed by atoms with Gasteiger partial charge in [-0.2, -0.15) is 0 Å². The quantitative estimate of drug-likeness (QED) is 0.793. The summed E-state index contributed by atoms with van der Waals surface area (Å²) in [5, 5.41) is 6.71. The molecule has 4 heteroatoms. The Balaban J connectivity index is 2.29. The van der Waals surface area contributed by atoms with Crippen LogP contribution < -0.4 is 15.4 Å². The van der Waals surface area contributed by atoms with Crippen molar-refractivity contribution in [3.63, 3.8) is 0 Å². The molecule has 1 aromatic rings. The Bertz CT molecular complexity index is 375. The van der Waals surface area contributed by atoms with E-state index in [-0.39, 0.29) is 17.1 Å². The van der Waals surface area contributed by atoms with Crippen LogP contribution in [0, 0.1) is 5.82 Å². The lowest BCUT2D eigenvalue weighted by atomic mass is 9.90. The number of piperazine rings is 1. The third-order valence-corrected chi connectivity index (χ3v) is 3.08. The topological polar surface area (TPSA) is 33.3 Å². The molecule has 1 aliphatic heterocycles. The van der Waals surface area contributed by atoms with E-state index in [0.717, 1.165) is 25.2 Å². The van der Waals surface area contributed by atoms with Crippen molar-refractivity contribution >= 4 is 0 Å². The van der Waals surface area contributed by atoms with Crippen LogP contribution in [0.2, 0.25) is 0 Å². The molecule has 1 aromatic carbocycles. The summed E-state index contributed by atoms with van der Waals surface area (Å²) < 4.78 is 18.5. The summed E-state index contributed by atoms with van der Waals surface area (Å²) >= 11 is 0. The Morgan fingerprint density at radius 1 is 1.38 bits per heavy atom. The maximum Gasteiger partial charge on any atom is 0.165 e. The van der Waals surface area contributed by atoms with Crippen molar-refractivity contribution in [2.45, 2.75) is 12.5 Å². The lowest BCUT2D eigenvalue weighted by Crippen LogP contribution is -2.55. The molecule has 1 heterocycles. The van der Waals surface area contributed by atoms with Crippen LogP contribution in [0.25, 0.3) is 0 Å². The molecule has 0 spiro atoms. The van der Waals surface area contributed by atoms with E-state index in [1.54, 1.807) is 12.1 Å². The van der Waals surface area contributed by atoms with Crippen LogP contribution in [0.15, 0.2) is 18.2 Å². The normalized spacial score (nSPS) is 25.4. The van der Waals surface area contributed by atoms with Crippen LogP contribution in [0.1, 0.15) is 12.5 Å². The zero-order valence-electron chi connectivity index (χ0n) is 9.64. The van der Waals surface area contributed by atoms with Crippen molar-refractivity contribution in [1.29, 1.82) is 0 Å². The van der Waals surface area contributed by atoms with Gasteiger partial charge in [0, 0.05) is 19.6 Å². The second kappa shape index (κ2) is 4.39. The minimum Gasteiger partial charge on any atom is -0.494 e. The first-order valence-electron chi connectivity index (χ1n) is 5.45. The third kappa shape index (κ3) is 2.03. The van der Waals surface area contributed by atoms with E-state index in [1.165, 1.54) is 7.11 Å². The number of hydrogen-bond donors (Lipinski definition) is 2. The van der Waals surface area contributed by atoms with Crippen molar-refractivity contribution in [2.75, 3.05) is 26.7 Å². The standard InChI is InChI=1S/C12H17FN2O/c1-12(8-14-5-6-15-12)9-3-4-11(16-2)10(13)7-9/h3-4,7,14-15H,5-6,8H2,1-2H3. The van der Waals surface area contributed by atoms with Gasteiger partial charge in [-0.05, 0) is 24.6 Å². The number of rotatable bonds is 2. The van der Waals surface area contributed by atoms with Gasteiger partial charge < -0.3 is 15.4 Å². The minimum atomic E-state index is -0.311. The van der Waals surface area contributed by atoms with Crippen LogP contribution in [-0.4, -0.2) is 26.7 Å². The molecule has 1 unspecified atom stereocenters. The van der Waals surface area contributed by atoms with Crippen molar-refractivity contribution in [2.24, 2.45) is 0 Å². The molecule has 1 saturated heterocycles. The maximum absolute atomic E-state index is 13.6. The predicted octanol–water partition coefficient (Wildman–Crippen LogP) is 1.24. The van der Waals surface area contributed by atoms with Gasteiger partial charge in [0.2, 0.25) is 0 Å². The summed E-state index contributed by atoms with van der Waals surface area (Å²) in [7, 11) is 1.47. The zero-order chi connectivity index (χ0) is 11.6. The van der Waals surface area contributed by atoms with E-state index in [0.29, 0.717) is 0 Å². The number of ether oxygens (including phenoxy) is 1. The smallest absolute Gasteiger partial charge is 0.165 e. The third-order valence-electron chi connectivity index (χ3n) is 3.08. The summed E-state index contributed by atoms with van der Waals surface area (Å²) in [5.41, 5.74) is 0.740. The average Bonchev–Trinajstić information content (AvgIpc) is 2.30. The Morgan fingerprint density at radius 3 is 2.75 bits per heavy atom. The molecule has 88 valence electrons. The van der Waals surface area contributed by atoms with Gasteiger partial charge in [-0.1, -0.05) is 6.07 Å². The fourth-order valence-electron chi connectivity index (χ4n) is 2.04. The Kier molecular flexibility index (Phi) is 3.12. The first-order valence-corrected chi connectivity index (χ1v) is 5.45. The molecule has 0 radical (unpaired) electrons. The molecule has 3 nitrogen and oxygen atoms in total. The molecule has 1 aliphatic rings.